The van der Waals surface area contributed by atoms with Crippen LogP contribution in [-0.2, 0) is 9.59 Å². The number of amides is 2. The molecule has 114 valence electrons. The molecule has 2 amide bonds. The van der Waals surface area contributed by atoms with Gasteiger partial charge < -0.3 is 16.8 Å². The number of carbonyl (C=O) groups is 2. The molecule has 0 aromatic heterocycles. The summed E-state index contributed by atoms with van der Waals surface area (Å²) in [5.74, 6) is -0.545. The maximum atomic E-state index is 12.0. The van der Waals surface area contributed by atoms with E-state index in [1.807, 2.05) is 24.0 Å². The van der Waals surface area contributed by atoms with Gasteiger partial charge in [0.25, 0.3) is 0 Å². The number of nitrogens with zero attached hydrogens (tertiary/aromatic N) is 1. The largest absolute Gasteiger partial charge is 0.398 e. The van der Waals surface area contributed by atoms with Gasteiger partial charge >= 0.3 is 0 Å². The minimum absolute atomic E-state index is 0.108. The molecule has 2 rings (SSSR count). The highest BCUT2D eigenvalue weighted by Crippen LogP contribution is 2.18. The first kappa shape index (κ1) is 15.3. The van der Waals surface area contributed by atoms with E-state index in [2.05, 4.69) is 5.32 Å². The molecule has 0 bridgehead atoms. The number of nitrogens with one attached hydrogen (secondary N) is 1. The maximum Gasteiger partial charge on any atom is 0.238 e. The average Bonchev–Trinajstić information content (AvgIpc) is 2.43. The highest BCUT2D eigenvalue weighted by molar-refractivity contribution is 5.92. The monoisotopic (exact) mass is 290 g/mol. The lowest BCUT2D eigenvalue weighted by Gasteiger charge is -2.30. The van der Waals surface area contributed by atoms with Gasteiger partial charge in [0, 0.05) is 17.9 Å². The van der Waals surface area contributed by atoms with Gasteiger partial charge in [-0.1, -0.05) is 6.07 Å². The first-order valence-electron chi connectivity index (χ1n) is 7.13. The standard InChI is InChI=1S/C15H22N4O2/c1-10-4-5-12(7-13(10)16)18-14(20)9-19-6-2-3-11(8-19)15(17)21/h4-5,7,11H,2-3,6,8-9,16H2,1H3,(H2,17,21)(H,18,20). The molecule has 1 aromatic carbocycles. The van der Waals surface area contributed by atoms with Crippen molar-refractivity contribution in [2.45, 2.75) is 19.8 Å². The summed E-state index contributed by atoms with van der Waals surface area (Å²) in [5.41, 5.74) is 13.5. The second kappa shape index (κ2) is 6.58. The van der Waals surface area contributed by atoms with Crippen molar-refractivity contribution < 1.29 is 9.59 Å². The van der Waals surface area contributed by atoms with Crippen LogP contribution in [-0.4, -0.2) is 36.3 Å². The van der Waals surface area contributed by atoms with Gasteiger partial charge in [-0.2, -0.15) is 0 Å². The SMILES string of the molecule is Cc1ccc(NC(=O)CN2CCCC(C(N)=O)C2)cc1N. The lowest BCUT2D eigenvalue weighted by molar-refractivity contribution is -0.125. The molecule has 1 heterocycles. The smallest absolute Gasteiger partial charge is 0.238 e. The molecule has 1 saturated heterocycles. The summed E-state index contributed by atoms with van der Waals surface area (Å²) < 4.78 is 0. The van der Waals surface area contributed by atoms with Crippen LogP contribution in [0.15, 0.2) is 18.2 Å². The Bertz CT molecular complexity index is 544. The van der Waals surface area contributed by atoms with E-state index in [-0.39, 0.29) is 24.3 Å². The zero-order valence-electron chi connectivity index (χ0n) is 12.3. The predicted octanol–water partition coefficient (Wildman–Crippen LogP) is 0.713. The van der Waals surface area contributed by atoms with Crippen LogP contribution in [0.25, 0.3) is 0 Å². The van der Waals surface area contributed by atoms with Crippen LogP contribution >= 0.6 is 0 Å². The average molecular weight is 290 g/mol. The molecule has 5 N–H and O–H groups in total. The van der Waals surface area contributed by atoms with E-state index in [0.29, 0.717) is 17.9 Å². The van der Waals surface area contributed by atoms with Crippen LogP contribution in [0, 0.1) is 12.8 Å². The van der Waals surface area contributed by atoms with Crippen LogP contribution < -0.4 is 16.8 Å². The summed E-state index contributed by atoms with van der Waals surface area (Å²) >= 11 is 0. The number of aryl methyl sites for hydroxylation is 1. The number of benzene rings is 1. The van der Waals surface area contributed by atoms with Gasteiger partial charge in [-0.25, -0.2) is 0 Å². The Morgan fingerprint density at radius 1 is 1.43 bits per heavy atom. The van der Waals surface area contributed by atoms with E-state index in [9.17, 15) is 9.59 Å². The molecule has 21 heavy (non-hydrogen) atoms. The summed E-state index contributed by atoms with van der Waals surface area (Å²) in [7, 11) is 0. The number of anilines is 2. The highest BCUT2D eigenvalue weighted by atomic mass is 16.2. The van der Waals surface area contributed by atoms with Crippen molar-refractivity contribution in [2.75, 3.05) is 30.7 Å². The fourth-order valence-corrected chi connectivity index (χ4v) is 2.55. The minimum Gasteiger partial charge on any atom is -0.398 e. The Morgan fingerprint density at radius 2 is 2.19 bits per heavy atom. The molecular weight excluding hydrogens is 268 g/mol. The molecule has 1 unspecified atom stereocenters. The molecule has 1 aromatic rings. The number of hydrogen-bond donors (Lipinski definition) is 3. The van der Waals surface area contributed by atoms with Crippen molar-refractivity contribution in [3.8, 4) is 0 Å². The van der Waals surface area contributed by atoms with Crippen LogP contribution in [0.2, 0.25) is 0 Å². The summed E-state index contributed by atoms with van der Waals surface area (Å²) in [6, 6.07) is 5.44. The minimum atomic E-state index is -0.286. The van der Waals surface area contributed by atoms with Crippen molar-refractivity contribution in [3.05, 3.63) is 23.8 Å². The van der Waals surface area contributed by atoms with E-state index in [0.717, 1.165) is 24.9 Å². The topological polar surface area (TPSA) is 101 Å². The van der Waals surface area contributed by atoms with E-state index in [1.54, 1.807) is 6.07 Å². The zero-order chi connectivity index (χ0) is 15.4. The molecule has 1 aliphatic rings. The highest BCUT2D eigenvalue weighted by Gasteiger charge is 2.25. The molecule has 1 aliphatic heterocycles. The van der Waals surface area contributed by atoms with Crippen molar-refractivity contribution in [1.82, 2.24) is 4.90 Å². The molecule has 6 heteroatoms. The Balaban J connectivity index is 1.89. The number of hydrogen-bond acceptors (Lipinski definition) is 4. The molecule has 0 spiro atoms. The third-order valence-corrected chi connectivity index (χ3v) is 3.84. The number of carbonyl (C=O) groups excluding carboxylic acids is 2. The first-order valence-corrected chi connectivity index (χ1v) is 7.13. The number of nitrogen functional groups attached to an aromatic ring is 1. The van der Waals surface area contributed by atoms with Crippen molar-refractivity contribution in [3.63, 3.8) is 0 Å². The molecule has 0 aliphatic carbocycles. The van der Waals surface area contributed by atoms with Gasteiger partial charge in [0.1, 0.15) is 0 Å². The Morgan fingerprint density at radius 3 is 2.86 bits per heavy atom. The van der Waals surface area contributed by atoms with E-state index >= 15 is 0 Å². The fraction of sp³-hybridized carbons (Fsp3) is 0.467. The van der Waals surface area contributed by atoms with Gasteiger partial charge in [0.15, 0.2) is 0 Å². The van der Waals surface area contributed by atoms with E-state index < -0.39 is 0 Å². The molecule has 0 saturated carbocycles. The fourth-order valence-electron chi connectivity index (χ4n) is 2.55. The van der Waals surface area contributed by atoms with Crippen LogP contribution in [0.5, 0.6) is 0 Å². The summed E-state index contributed by atoms with van der Waals surface area (Å²) in [5, 5.41) is 2.82. The van der Waals surface area contributed by atoms with Crippen LogP contribution in [0.4, 0.5) is 11.4 Å². The quantitative estimate of drug-likeness (QED) is 0.711. The summed E-state index contributed by atoms with van der Waals surface area (Å²) in [6.45, 7) is 3.54. The van der Waals surface area contributed by atoms with Gasteiger partial charge in [-0.05, 0) is 44.0 Å². The van der Waals surface area contributed by atoms with Gasteiger partial charge in [-0.15, -0.1) is 0 Å². The maximum absolute atomic E-state index is 12.0. The molecule has 6 nitrogen and oxygen atoms in total. The van der Waals surface area contributed by atoms with Gasteiger partial charge in [-0.3, -0.25) is 14.5 Å². The second-order valence-electron chi connectivity index (χ2n) is 5.60. The number of rotatable bonds is 4. The van der Waals surface area contributed by atoms with Crippen LogP contribution in [0.1, 0.15) is 18.4 Å². The van der Waals surface area contributed by atoms with Gasteiger partial charge in [0.05, 0.1) is 12.5 Å². The summed E-state index contributed by atoms with van der Waals surface area (Å²) in [4.78, 5) is 25.2. The molecule has 1 atom stereocenters. The van der Waals surface area contributed by atoms with E-state index in [1.165, 1.54) is 0 Å². The number of primary amides is 1. The van der Waals surface area contributed by atoms with E-state index in [4.69, 9.17) is 11.5 Å². The normalized spacial score (nSPS) is 19.2. The second-order valence-corrected chi connectivity index (χ2v) is 5.60. The third-order valence-electron chi connectivity index (χ3n) is 3.84. The van der Waals surface area contributed by atoms with Crippen molar-refractivity contribution >= 4 is 23.2 Å². The third kappa shape index (κ3) is 4.19. The van der Waals surface area contributed by atoms with Crippen LogP contribution in [0.3, 0.4) is 0 Å². The van der Waals surface area contributed by atoms with Crippen molar-refractivity contribution in [2.24, 2.45) is 11.7 Å². The zero-order valence-corrected chi connectivity index (χ0v) is 12.3. The molecule has 0 radical (unpaired) electrons. The predicted molar refractivity (Wildman–Crippen MR) is 82.6 cm³/mol. The lowest BCUT2D eigenvalue weighted by Crippen LogP contribution is -2.44. The molecular formula is C15H22N4O2. The summed E-state index contributed by atoms with van der Waals surface area (Å²) in [6.07, 6.45) is 1.69. The first-order chi connectivity index (χ1) is 9.95. The Hall–Kier alpha value is -2.08. The number of nitrogens with two attached hydrogens (primary N) is 2. The molecule has 1 fully saturated rings. The number of likely N-dealkylation sites (tertiary alicyclic amines) is 1. The Labute approximate surface area is 124 Å². The Kier molecular flexibility index (Phi) is 4.80. The van der Waals surface area contributed by atoms with Gasteiger partial charge in [0.2, 0.25) is 11.8 Å². The lowest BCUT2D eigenvalue weighted by atomic mass is 9.97. The van der Waals surface area contributed by atoms with Crippen molar-refractivity contribution in [1.29, 1.82) is 0 Å². The number of piperidine rings is 1.